The van der Waals surface area contributed by atoms with E-state index >= 15 is 0 Å². The third-order valence-corrected chi connectivity index (χ3v) is 6.10. The Morgan fingerprint density at radius 1 is 1.00 bits per heavy atom. The van der Waals surface area contributed by atoms with Gasteiger partial charge < -0.3 is 15.6 Å². The molecule has 0 spiro atoms. The molecule has 1 amide bonds. The number of pyridine rings is 2. The summed E-state index contributed by atoms with van der Waals surface area (Å²) in [6.07, 6.45) is 8.86. The van der Waals surface area contributed by atoms with Crippen molar-refractivity contribution in [1.82, 2.24) is 29.9 Å². The first-order chi connectivity index (χ1) is 17.2. The number of nitrogens with one attached hydrogen (secondary N) is 3. The number of carbonyl (C=O) groups excluding carboxylic acids is 1. The van der Waals surface area contributed by atoms with Crippen LogP contribution in [0.25, 0.3) is 22.4 Å². The van der Waals surface area contributed by atoms with E-state index in [2.05, 4.69) is 40.5 Å². The fourth-order valence-corrected chi connectivity index (χ4v) is 4.06. The number of imidazole rings is 1. The number of amides is 1. The Labute approximate surface area is 201 Å². The van der Waals surface area contributed by atoms with Crippen LogP contribution in [-0.4, -0.2) is 35.8 Å². The Morgan fingerprint density at radius 2 is 1.91 bits per heavy atom. The van der Waals surface area contributed by atoms with Crippen LogP contribution in [-0.2, 0) is 0 Å². The van der Waals surface area contributed by atoms with Crippen LogP contribution in [0.5, 0.6) is 0 Å². The third kappa shape index (κ3) is 4.19. The van der Waals surface area contributed by atoms with Crippen LogP contribution in [0.15, 0.2) is 67.5 Å². The molecule has 9 nitrogen and oxygen atoms in total. The van der Waals surface area contributed by atoms with Gasteiger partial charge in [-0.15, -0.1) is 0 Å². The number of aromatic nitrogens is 6. The summed E-state index contributed by atoms with van der Waals surface area (Å²) in [4.78, 5) is 37.7. The molecule has 1 aromatic carbocycles. The minimum absolute atomic E-state index is 0.233. The third-order valence-electron chi connectivity index (χ3n) is 6.10. The first kappa shape index (κ1) is 20.9. The lowest BCUT2D eigenvalue weighted by Crippen LogP contribution is -2.14. The summed E-state index contributed by atoms with van der Waals surface area (Å²) in [5.74, 6) is 0.959. The zero-order chi connectivity index (χ0) is 23.8. The van der Waals surface area contributed by atoms with Crippen LogP contribution in [0.1, 0.15) is 40.4 Å². The number of anilines is 3. The van der Waals surface area contributed by atoms with E-state index in [1.807, 2.05) is 49.4 Å². The topological polar surface area (TPSA) is 121 Å². The molecule has 1 aliphatic rings. The van der Waals surface area contributed by atoms with Crippen molar-refractivity contribution in [3.05, 3.63) is 84.3 Å². The smallest absolute Gasteiger partial charge is 0.274 e. The molecule has 9 heteroatoms. The van der Waals surface area contributed by atoms with E-state index < -0.39 is 0 Å². The number of rotatable bonds is 6. The average molecular weight is 463 g/mol. The van der Waals surface area contributed by atoms with Gasteiger partial charge >= 0.3 is 0 Å². The summed E-state index contributed by atoms with van der Waals surface area (Å²) >= 11 is 0. The van der Waals surface area contributed by atoms with Gasteiger partial charge in [-0.1, -0.05) is 6.07 Å². The molecule has 3 N–H and O–H groups in total. The molecule has 35 heavy (non-hydrogen) atoms. The van der Waals surface area contributed by atoms with Crippen molar-refractivity contribution < 1.29 is 4.79 Å². The molecule has 1 fully saturated rings. The molecule has 4 aromatic heterocycles. The lowest BCUT2D eigenvalue weighted by Gasteiger charge is -2.14. The normalized spacial score (nSPS) is 13.1. The van der Waals surface area contributed by atoms with E-state index in [9.17, 15) is 4.79 Å². The van der Waals surface area contributed by atoms with Gasteiger partial charge in [-0.05, 0) is 73.2 Å². The predicted molar refractivity (Wildman–Crippen MR) is 134 cm³/mol. The number of aromatic amines is 1. The highest BCUT2D eigenvalue weighted by atomic mass is 16.1. The number of carbonyl (C=O) groups is 1. The van der Waals surface area contributed by atoms with Crippen LogP contribution in [0.3, 0.4) is 0 Å². The Kier molecular flexibility index (Phi) is 5.14. The van der Waals surface area contributed by atoms with E-state index in [-0.39, 0.29) is 5.91 Å². The van der Waals surface area contributed by atoms with Gasteiger partial charge in [-0.2, -0.15) is 0 Å². The number of benzene rings is 1. The van der Waals surface area contributed by atoms with Crippen molar-refractivity contribution >= 4 is 34.3 Å². The molecule has 5 aromatic rings. The Hall–Kier alpha value is -4.66. The van der Waals surface area contributed by atoms with Crippen molar-refractivity contribution in [3.63, 3.8) is 0 Å². The van der Waals surface area contributed by atoms with E-state index in [4.69, 9.17) is 0 Å². The molecule has 0 aliphatic heterocycles. The lowest BCUT2D eigenvalue weighted by molar-refractivity contribution is 0.102. The quantitative estimate of drug-likeness (QED) is 0.325. The number of H-pyrrole nitrogens is 1. The van der Waals surface area contributed by atoms with Gasteiger partial charge in [0.1, 0.15) is 29.0 Å². The van der Waals surface area contributed by atoms with Crippen LogP contribution in [0.2, 0.25) is 0 Å². The monoisotopic (exact) mass is 462 g/mol. The highest BCUT2D eigenvalue weighted by Crippen LogP contribution is 2.40. The largest absolute Gasteiger partial charge is 0.341 e. The Morgan fingerprint density at radius 3 is 2.80 bits per heavy atom. The molecule has 0 radical (unpaired) electrons. The molecule has 0 bridgehead atoms. The maximum atomic E-state index is 12.9. The van der Waals surface area contributed by atoms with E-state index in [1.54, 1.807) is 18.7 Å². The number of aryl methyl sites for hydroxylation is 1. The van der Waals surface area contributed by atoms with Gasteiger partial charge in [0, 0.05) is 29.3 Å². The molecule has 6 rings (SSSR count). The maximum Gasteiger partial charge on any atom is 0.274 e. The summed E-state index contributed by atoms with van der Waals surface area (Å²) in [7, 11) is 0. The summed E-state index contributed by atoms with van der Waals surface area (Å²) < 4.78 is 0. The Bertz CT molecular complexity index is 1560. The van der Waals surface area contributed by atoms with Gasteiger partial charge in [0.05, 0.1) is 6.33 Å². The summed E-state index contributed by atoms with van der Waals surface area (Å²) in [5.41, 5.74) is 6.91. The second-order valence-corrected chi connectivity index (χ2v) is 8.58. The van der Waals surface area contributed by atoms with Crippen molar-refractivity contribution in [2.75, 3.05) is 10.6 Å². The zero-order valence-electron chi connectivity index (χ0n) is 19.0. The molecule has 0 saturated heterocycles. The standard InChI is InChI=1S/C26H22N8O/c1-15-4-7-18(33-26(35)21-11-17(8-10-27-21)16-5-6-16)12-20(15)34-24-19(3-2-9-28-24)22-23-25(31-13-29-22)32-14-30-23/h2-4,7-14,16H,5-6H2,1H3,(H,28,34)(H,33,35)(H,29,30,31,32). The Balaban J connectivity index is 1.28. The summed E-state index contributed by atoms with van der Waals surface area (Å²) in [5, 5.41) is 6.38. The van der Waals surface area contributed by atoms with Crippen LogP contribution in [0, 0.1) is 6.92 Å². The van der Waals surface area contributed by atoms with Gasteiger partial charge in [0.25, 0.3) is 5.91 Å². The van der Waals surface area contributed by atoms with Gasteiger partial charge in [0.15, 0.2) is 5.65 Å². The highest BCUT2D eigenvalue weighted by molar-refractivity contribution is 6.03. The fraction of sp³-hybridized carbons (Fsp3) is 0.154. The second kappa shape index (κ2) is 8.60. The fourth-order valence-electron chi connectivity index (χ4n) is 4.06. The molecule has 172 valence electrons. The molecule has 1 aliphatic carbocycles. The highest BCUT2D eigenvalue weighted by Gasteiger charge is 2.24. The lowest BCUT2D eigenvalue weighted by atomic mass is 10.1. The molecule has 4 heterocycles. The van der Waals surface area contributed by atoms with E-state index in [0.717, 1.165) is 22.3 Å². The zero-order valence-corrected chi connectivity index (χ0v) is 19.0. The average Bonchev–Trinajstić information content (AvgIpc) is 3.63. The van der Waals surface area contributed by atoms with E-state index in [0.29, 0.717) is 34.5 Å². The number of fused-ring (bicyclic) bond motifs is 1. The first-order valence-corrected chi connectivity index (χ1v) is 11.4. The molecular formula is C26H22N8O. The SMILES string of the molecule is Cc1ccc(NC(=O)c2cc(C3CC3)ccn2)cc1Nc1ncccc1-c1ncnc2nc[nH]c12. The molecular weight excluding hydrogens is 440 g/mol. The molecule has 0 unspecified atom stereocenters. The maximum absolute atomic E-state index is 12.9. The van der Waals surface area contributed by atoms with Crippen LogP contribution in [0.4, 0.5) is 17.2 Å². The number of hydrogen-bond acceptors (Lipinski definition) is 7. The van der Waals surface area contributed by atoms with Crippen LogP contribution < -0.4 is 10.6 Å². The predicted octanol–water partition coefficient (Wildman–Crippen LogP) is 4.99. The van der Waals surface area contributed by atoms with Gasteiger partial charge in [0.2, 0.25) is 0 Å². The number of hydrogen-bond donors (Lipinski definition) is 3. The van der Waals surface area contributed by atoms with Gasteiger partial charge in [-0.3, -0.25) is 9.78 Å². The first-order valence-electron chi connectivity index (χ1n) is 11.4. The minimum atomic E-state index is -0.233. The van der Waals surface area contributed by atoms with Crippen LogP contribution >= 0.6 is 0 Å². The molecule has 0 atom stereocenters. The van der Waals surface area contributed by atoms with Crippen molar-refractivity contribution in [3.8, 4) is 11.3 Å². The van der Waals surface area contributed by atoms with Gasteiger partial charge in [-0.25, -0.2) is 19.9 Å². The van der Waals surface area contributed by atoms with Crippen molar-refractivity contribution in [2.24, 2.45) is 0 Å². The number of nitrogens with zero attached hydrogens (tertiary/aromatic N) is 5. The summed E-state index contributed by atoms with van der Waals surface area (Å²) in [6, 6.07) is 13.4. The molecule has 1 saturated carbocycles. The second-order valence-electron chi connectivity index (χ2n) is 8.58. The van der Waals surface area contributed by atoms with Crippen molar-refractivity contribution in [1.29, 1.82) is 0 Å². The minimum Gasteiger partial charge on any atom is -0.341 e. The summed E-state index contributed by atoms with van der Waals surface area (Å²) in [6.45, 7) is 2.00. The van der Waals surface area contributed by atoms with Crippen molar-refractivity contribution in [2.45, 2.75) is 25.7 Å². The van der Waals surface area contributed by atoms with E-state index in [1.165, 1.54) is 24.7 Å².